The van der Waals surface area contributed by atoms with Gasteiger partial charge in [-0.05, 0) is 41.4 Å². The molecule has 1 atom stereocenters. The minimum absolute atomic E-state index is 0.249. The van der Waals surface area contributed by atoms with Crippen LogP contribution in [0.25, 0.3) is 11.3 Å². The van der Waals surface area contributed by atoms with Gasteiger partial charge < -0.3 is 15.2 Å². The average Bonchev–Trinajstić information content (AvgIpc) is 3.16. The first kappa shape index (κ1) is 16.6. The van der Waals surface area contributed by atoms with Crippen LogP contribution < -0.4 is 10.1 Å². The van der Waals surface area contributed by atoms with Crippen LogP contribution in [0, 0.1) is 0 Å². The van der Waals surface area contributed by atoms with Crippen molar-refractivity contribution in [2.24, 2.45) is 0 Å². The van der Waals surface area contributed by atoms with E-state index in [0.29, 0.717) is 6.54 Å². The molecule has 0 saturated carbocycles. The van der Waals surface area contributed by atoms with E-state index < -0.39 is 6.10 Å². The summed E-state index contributed by atoms with van der Waals surface area (Å²) in [5.41, 5.74) is 3.05. The molecule has 0 aliphatic heterocycles. The highest BCUT2D eigenvalue weighted by atomic mass is 32.1. The maximum Gasteiger partial charge on any atom is 0.119 e. The summed E-state index contributed by atoms with van der Waals surface area (Å²) < 4.78 is 9.47. The van der Waals surface area contributed by atoms with E-state index in [0.717, 1.165) is 23.6 Å². The van der Waals surface area contributed by atoms with Gasteiger partial charge in [0, 0.05) is 24.0 Å². The molecule has 0 aliphatic carbocycles. The van der Waals surface area contributed by atoms with Gasteiger partial charge in [0.15, 0.2) is 0 Å². The summed E-state index contributed by atoms with van der Waals surface area (Å²) >= 11 is 1.33. The quantitative estimate of drug-likeness (QED) is 0.659. The molecule has 0 aliphatic rings. The van der Waals surface area contributed by atoms with E-state index in [1.807, 2.05) is 47.8 Å². The lowest BCUT2D eigenvalue weighted by atomic mass is 10.2. The van der Waals surface area contributed by atoms with Crippen LogP contribution in [0.4, 0.5) is 0 Å². The highest BCUT2D eigenvalue weighted by molar-refractivity contribution is 7.03. The Hall–Kier alpha value is -2.28. The van der Waals surface area contributed by atoms with Crippen LogP contribution >= 0.6 is 11.5 Å². The molecule has 6 heteroatoms. The SMILES string of the molecule is OC(CNCc1ccccc1)COc1ccc(-c2csnn2)cc1. The van der Waals surface area contributed by atoms with Gasteiger partial charge in [-0.1, -0.05) is 34.8 Å². The number of hydrogen-bond donors (Lipinski definition) is 2. The maximum absolute atomic E-state index is 9.99. The fraction of sp³-hybridized carbons (Fsp3) is 0.222. The number of aliphatic hydroxyl groups excluding tert-OH is 1. The third-order valence-corrected chi connectivity index (χ3v) is 4.01. The molecule has 0 saturated heterocycles. The van der Waals surface area contributed by atoms with E-state index in [1.165, 1.54) is 17.1 Å². The molecule has 0 bridgehead atoms. The molecule has 24 heavy (non-hydrogen) atoms. The lowest BCUT2D eigenvalue weighted by Gasteiger charge is -2.13. The number of ether oxygens (including phenoxy) is 1. The maximum atomic E-state index is 9.99. The van der Waals surface area contributed by atoms with Gasteiger partial charge in [-0.15, -0.1) is 5.10 Å². The summed E-state index contributed by atoms with van der Waals surface area (Å²) in [7, 11) is 0. The molecule has 0 fully saturated rings. The van der Waals surface area contributed by atoms with Crippen molar-refractivity contribution in [3.05, 3.63) is 65.5 Å². The Morgan fingerprint density at radius 1 is 1.08 bits per heavy atom. The van der Waals surface area contributed by atoms with E-state index in [4.69, 9.17) is 4.74 Å². The molecule has 3 aromatic rings. The number of nitrogens with zero attached hydrogens (tertiary/aromatic N) is 2. The Kier molecular flexibility index (Phi) is 5.90. The fourth-order valence-corrected chi connectivity index (χ4v) is 2.71. The lowest BCUT2D eigenvalue weighted by Crippen LogP contribution is -2.31. The number of benzene rings is 2. The summed E-state index contributed by atoms with van der Waals surface area (Å²) in [6.45, 7) is 1.46. The number of aromatic nitrogens is 2. The van der Waals surface area contributed by atoms with Crippen molar-refractivity contribution < 1.29 is 9.84 Å². The zero-order valence-corrected chi connectivity index (χ0v) is 13.9. The Balaban J connectivity index is 1.40. The van der Waals surface area contributed by atoms with E-state index in [2.05, 4.69) is 27.0 Å². The van der Waals surface area contributed by atoms with Gasteiger partial charge >= 0.3 is 0 Å². The number of aliphatic hydroxyl groups is 1. The largest absolute Gasteiger partial charge is 0.491 e. The van der Waals surface area contributed by atoms with Gasteiger partial charge in [0.05, 0.1) is 0 Å². The predicted molar refractivity (Wildman–Crippen MR) is 95.0 cm³/mol. The van der Waals surface area contributed by atoms with Gasteiger partial charge in [0.25, 0.3) is 0 Å². The third-order valence-electron chi connectivity index (χ3n) is 3.50. The second-order valence-electron chi connectivity index (χ2n) is 5.40. The van der Waals surface area contributed by atoms with Crippen LogP contribution in [-0.4, -0.2) is 33.9 Å². The molecule has 1 heterocycles. The van der Waals surface area contributed by atoms with E-state index in [9.17, 15) is 5.11 Å². The minimum atomic E-state index is -0.559. The average molecular weight is 341 g/mol. The van der Waals surface area contributed by atoms with Crippen LogP contribution in [0.15, 0.2) is 60.0 Å². The summed E-state index contributed by atoms with van der Waals surface area (Å²) in [6, 6.07) is 17.7. The molecule has 1 unspecified atom stereocenters. The zero-order valence-electron chi connectivity index (χ0n) is 13.1. The van der Waals surface area contributed by atoms with Crippen LogP contribution in [0.2, 0.25) is 0 Å². The molecule has 0 radical (unpaired) electrons. The molecule has 3 rings (SSSR count). The molecule has 1 aromatic heterocycles. The number of nitrogens with one attached hydrogen (secondary N) is 1. The van der Waals surface area contributed by atoms with Crippen LogP contribution in [-0.2, 0) is 6.54 Å². The van der Waals surface area contributed by atoms with E-state index in [1.54, 1.807) is 0 Å². The molecule has 5 nitrogen and oxygen atoms in total. The minimum Gasteiger partial charge on any atom is -0.491 e. The van der Waals surface area contributed by atoms with Crippen LogP contribution in [0.5, 0.6) is 5.75 Å². The molecule has 124 valence electrons. The molecule has 0 amide bonds. The monoisotopic (exact) mass is 341 g/mol. The normalized spacial score (nSPS) is 12.0. The second kappa shape index (κ2) is 8.54. The smallest absolute Gasteiger partial charge is 0.119 e. The number of rotatable bonds is 8. The third kappa shape index (κ3) is 4.86. The topological polar surface area (TPSA) is 67.3 Å². The van der Waals surface area contributed by atoms with Gasteiger partial charge in [0.1, 0.15) is 24.2 Å². The van der Waals surface area contributed by atoms with Crippen LogP contribution in [0.3, 0.4) is 0 Å². The van der Waals surface area contributed by atoms with Gasteiger partial charge in [-0.2, -0.15) is 0 Å². The van der Waals surface area contributed by atoms with Crippen molar-refractivity contribution in [3.8, 4) is 17.0 Å². The van der Waals surface area contributed by atoms with Crippen molar-refractivity contribution in [1.29, 1.82) is 0 Å². The van der Waals surface area contributed by atoms with Gasteiger partial charge in [-0.3, -0.25) is 0 Å². The molecule has 2 N–H and O–H groups in total. The first-order valence-electron chi connectivity index (χ1n) is 7.74. The molecular formula is C18H19N3O2S. The highest BCUT2D eigenvalue weighted by Gasteiger charge is 2.06. The van der Waals surface area contributed by atoms with Crippen LogP contribution in [0.1, 0.15) is 5.56 Å². The van der Waals surface area contributed by atoms with Gasteiger partial charge in [-0.25, -0.2) is 0 Å². The molecule has 2 aromatic carbocycles. The standard InChI is InChI=1S/C18H19N3O2S/c22-16(11-19-10-14-4-2-1-3-5-14)12-23-17-8-6-15(7-9-17)18-13-24-21-20-18/h1-9,13,16,19,22H,10-12H2. The second-order valence-corrected chi connectivity index (χ2v) is 6.01. The Morgan fingerprint density at radius 2 is 1.88 bits per heavy atom. The predicted octanol–water partition coefficient (Wildman–Crippen LogP) is 2.73. The van der Waals surface area contributed by atoms with Crippen molar-refractivity contribution in [1.82, 2.24) is 14.9 Å². The van der Waals surface area contributed by atoms with E-state index >= 15 is 0 Å². The Bertz CT molecular complexity index is 718. The summed E-state index contributed by atoms with van der Waals surface area (Å²) in [4.78, 5) is 0. The van der Waals surface area contributed by atoms with Crippen molar-refractivity contribution in [2.45, 2.75) is 12.6 Å². The van der Waals surface area contributed by atoms with Crippen molar-refractivity contribution >= 4 is 11.5 Å². The zero-order chi connectivity index (χ0) is 16.6. The van der Waals surface area contributed by atoms with E-state index in [-0.39, 0.29) is 6.61 Å². The Morgan fingerprint density at radius 3 is 2.58 bits per heavy atom. The summed E-state index contributed by atoms with van der Waals surface area (Å²) in [5, 5.41) is 19.1. The first-order chi connectivity index (χ1) is 11.8. The number of hydrogen-bond acceptors (Lipinski definition) is 6. The molecule has 0 spiro atoms. The fourth-order valence-electron chi connectivity index (χ4n) is 2.24. The molecular weight excluding hydrogens is 322 g/mol. The highest BCUT2D eigenvalue weighted by Crippen LogP contribution is 2.21. The summed E-state index contributed by atoms with van der Waals surface area (Å²) in [5.74, 6) is 0.726. The Labute approximate surface area is 145 Å². The van der Waals surface area contributed by atoms with Gasteiger partial charge in [0.2, 0.25) is 0 Å². The van der Waals surface area contributed by atoms with Crippen molar-refractivity contribution in [3.63, 3.8) is 0 Å². The lowest BCUT2D eigenvalue weighted by molar-refractivity contribution is 0.106. The summed E-state index contributed by atoms with van der Waals surface area (Å²) in [6.07, 6.45) is -0.559. The first-order valence-corrected chi connectivity index (χ1v) is 8.58. The van der Waals surface area contributed by atoms with Crippen molar-refractivity contribution in [2.75, 3.05) is 13.2 Å².